The third kappa shape index (κ3) is 4.55. The van der Waals surface area contributed by atoms with E-state index in [-0.39, 0.29) is 5.91 Å². The standard InChI is InChI=1S/C15H16ClN3O/c16-8-7-15(20)19-13-5-3-4-12(10-13)11-18-14-6-1-2-9-17-14/h1-6,9-10H,7-8,11H2,(H,17,18)(H,19,20). The number of nitrogens with zero attached hydrogens (tertiary/aromatic N) is 1. The van der Waals surface area contributed by atoms with Crippen LogP contribution in [0.3, 0.4) is 0 Å². The number of rotatable bonds is 6. The van der Waals surface area contributed by atoms with Crippen LogP contribution in [0.25, 0.3) is 0 Å². The number of pyridine rings is 1. The lowest BCUT2D eigenvalue weighted by Crippen LogP contribution is -2.12. The minimum atomic E-state index is -0.0742. The summed E-state index contributed by atoms with van der Waals surface area (Å²) in [5.41, 5.74) is 1.85. The summed E-state index contributed by atoms with van der Waals surface area (Å²) in [6.45, 7) is 0.649. The normalized spacial score (nSPS) is 10.1. The van der Waals surface area contributed by atoms with Crippen LogP contribution < -0.4 is 10.6 Å². The van der Waals surface area contributed by atoms with Crippen LogP contribution >= 0.6 is 11.6 Å². The van der Waals surface area contributed by atoms with Crippen LogP contribution in [0.15, 0.2) is 48.7 Å². The average molecular weight is 290 g/mol. The molecule has 0 bridgehead atoms. The van der Waals surface area contributed by atoms with Crippen molar-refractivity contribution < 1.29 is 4.79 Å². The molecule has 0 aliphatic carbocycles. The van der Waals surface area contributed by atoms with Gasteiger partial charge in [-0.25, -0.2) is 4.98 Å². The van der Waals surface area contributed by atoms with E-state index in [2.05, 4.69) is 15.6 Å². The van der Waals surface area contributed by atoms with Crippen LogP contribution in [0.2, 0.25) is 0 Å². The molecule has 2 rings (SSSR count). The molecule has 0 radical (unpaired) electrons. The second kappa shape index (κ2) is 7.50. The zero-order valence-corrected chi connectivity index (χ0v) is 11.7. The van der Waals surface area contributed by atoms with Gasteiger partial charge in [-0.1, -0.05) is 18.2 Å². The topological polar surface area (TPSA) is 54.0 Å². The van der Waals surface area contributed by atoms with Crippen LogP contribution in [-0.2, 0) is 11.3 Å². The first-order chi connectivity index (χ1) is 9.78. The highest BCUT2D eigenvalue weighted by Crippen LogP contribution is 2.12. The van der Waals surface area contributed by atoms with Crippen molar-refractivity contribution in [2.45, 2.75) is 13.0 Å². The molecule has 20 heavy (non-hydrogen) atoms. The minimum Gasteiger partial charge on any atom is -0.366 e. The van der Waals surface area contributed by atoms with Gasteiger partial charge in [-0.3, -0.25) is 4.79 Å². The second-order valence-corrected chi connectivity index (χ2v) is 4.63. The zero-order chi connectivity index (χ0) is 14.2. The van der Waals surface area contributed by atoms with Crippen molar-refractivity contribution in [3.8, 4) is 0 Å². The lowest BCUT2D eigenvalue weighted by Gasteiger charge is -2.08. The summed E-state index contributed by atoms with van der Waals surface area (Å²) in [7, 11) is 0. The molecular formula is C15H16ClN3O. The average Bonchev–Trinajstić information content (AvgIpc) is 2.47. The minimum absolute atomic E-state index is 0.0742. The first-order valence-electron chi connectivity index (χ1n) is 6.37. The van der Waals surface area contributed by atoms with Gasteiger partial charge in [0.15, 0.2) is 0 Å². The van der Waals surface area contributed by atoms with Crippen molar-refractivity contribution in [3.63, 3.8) is 0 Å². The summed E-state index contributed by atoms with van der Waals surface area (Å²) in [6, 6.07) is 13.4. The highest BCUT2D eigenvalue weighted by atomic mass is 35.5. The van der Waals surface area contributed by atoms with Gasteiger partial charge in [0.1, 0.15) is 5.82 Å². The van der Waals surface area contributed by atoms with E-state index < -0.39 is 0 Å². The molecule has 4 nitrogen and oxygen atoms in total. The smallest absolute Gasteiger partial charge is 0.225 e. The van der Waals surface area contributed by atoms with Gasteiger partial charge in [-0.15, -0.1) is 11.6 Å². The Labute approximate surface area is 123 Å². The number of benzene rings is 1. The number of amides is 1. The van der Waals surface area contributed by atoms with Gasteiger partial charge in [0.25, 0.3) is 0 Å². The van der Waals surface area contributed by atoms with Gasteiger partial charge in [-0.2, -0.15) is 0 Å². The van der Waals surface area contributed by atoms with Crippen molar-refractivity contribution in [1.29, 1.82) is 0 Å². The number of anilines is 2. The third-order valence-corrected chi connectivity index (χ3v) is 2.86. The van der Waals surface area contributed by atoms with Crippen molar-refractivity contribution in [2.75, 3.05) is 16.5 Å². The highest BCUT2D eigenvalue weighted by Gasteiger charge is 2.02. The Balaban J connectivity index is 1.94. The molecule has 0 saturated carbocycles. The lowest BCUT2D eigenvalue weighted by molar-refractivity contribution is -0.115. The lowest BCUT2D eigenvalue weighted by atomic mass is 10.2. The molecule has 0 aliphatic heterocycles. The molecule has 0 spiro atoms. The molecule has 5 heteroatoms. The van der Waals surface area contributed by atoms with Crippen molar-refractivity contribution >= 4 is 29.0 Å². The van der Waals surface area contributed by atoms with Crippen LogP contribution in [-0.4, -0.2) is 16.8 Å². The summed E-state index contributed by atoms with van der Waals surface area (Å²) < 4.78 is 0. The van der Waals surface area contributed by atoms with Gasteiger partial charge < -0.3 is 10.6 Å². The van der Waals surface area contributed by atoms with Gasteiger partial charge in [0.05, 0.1) is 0 Å². The van der Waals surface area contributed by atoms with Crippen molar-refractivity contribution in [2.24, 2.45) is 0 Å². The Morgan fingerprint density at radius 2 is 2.10 bits per heavy atom. The maximum Gasteiger partial charge on any atom is 0.225 e. The van der Waals surface area contributed by atoms with E-state index in [1.54, 1.807) is 6.20 Å². The van der Waals surface area contributed by atoms with Crippen LogP contribution in [0.5, 0.6) is 0 Å². The maximum absolute atomic E-state index is 11.5. The summed E-state index contributed by atoms with van der Waals surface area (Å²) >= 11 is 5.53. The molecule has 1 heterocycles. The fourth-order valence-electron chi connectivity index (χ4n) is 1.73. The van der Waals surface area contributed by atoms with Gasteiger partial charge >= 0.3 is 0 Å². The summed E-state index contributed by atoms with van der Waals surface area (Å²) in [5.74, 6) is 1.08. The maximum atomic E-state index is 11.5. The molecule has 0 aliphatic rings. The number of nitrogens with one attached hydrogen (secondary N) is 2. The van der Waals surface area contributed by atoms with E-state index in [1.807, 2.05) is 42.5 Å². The largest absolute Gasteiger partial charge is 0.366 e. The molecule has 0 unspecified atom stereocenters. The van der Waals surface area contributed by atoms with Crippen LogP contribution in [0.4, 0.5) is 11.5 Å². The second-order valence-electron chi connectivity index (χ2n) is 4.26. The Kier molecular flexibility index (Phi) is 5.38. The molecule has 1 amide bonds. The monoisotopic (exact) mass is 289 g/mol. The molecule has 2 aromatic rings. The highest BCUT2D eigenvalue weighted by molar-refractivity contribution is 6.19. The van der Waals surface area contributed by atoms with E-state index in [0.717, 1.165) is 17.1 Å². The fraction of sp³-hybridized carbons (Fsp3) is 0.200. The Morgan fingerprint density at radius 1 is 1.20 bits per heavy atom. The number of aromatic nitrogens is 1. The number of hydrogen-bond donors (Lipinski definition) is 2. The van der Waals surface area contributed by atoms with E-state index >= 15 is 0 Å². The third-order valence-electron chi connectivity index (χ3n) is 2.67. The van der Waals surface area contributed by atoms with E-state index in [1.165, 1.54) is 0 Å². The molecule has 1 aromatic carbocycles. The first-order valence-corrected chi connectivity index (χ1v) is 6.91. The van der Waals surface area contributed by atoms with Crippen molar-refractivity contribution in [3.05, 3.63) is 54.2 Å². The Bertz CT molecular complexity index is 560. The SMILES string of the molecule is O=C(CCCl)Nc1cccc(CNc2ccccn2)c1. The molecule has 0 saturated heterocycles. The molecule has 0 fully saturated rings. The van der Waals surface area contributed by atoms with E-state index in [4.69, 9.17) is 11.6 Å². The summed E-state index contributed by atoms with van der Waals surface area (Å²) in [4.78, 5) is 15.7. The summed E-state index contributed by atoms with van der Waals surface area (Å²) in [5, 5.41) is 6.04. The Morgan fingerprint density at radius 3 is 2.85 bits per heavy atom. The van der Waals surface area contributed by atoms with Gasteiger partial charge in [-0.05, 0) is 29.8 Å². The molecular weight excluding hydrogens is 274 g/mol. The predicted octanol–water partition coefficient (Wildman–Crippen LogP) is 3.26. The number of hydrogen-bond acceptors (Lipinski definition) is 3. The molecule has 2 N–H and O–H groups in total. The number of alkyl halides is 1. The number of carbonyl (C=O) groups is 1. The van der Waals surface area contributed by atoms with Crippen LogP contribution in [0.1, 0.15) is 12.0 Å². The van der Waals surface area contributed by atoms with Crippen molar-refractivity contribution in [1.82, 2.24) is 4.98 Å². The molecule has 104 valence electrons. The zero-order valence-electron chi connectivity index (χ0n) is 11.0. The molecule has 0 atom stereocenters. The quantitative estimate of drug-likeness (QED) is 0.803. The predicted molar refractivity (Wildman–Crippen MR) is 82.0 cm³/mol. The Hall–Kier alpha value is -2.07. The number of halogens is 1. The number of carbonyl (C=O) groups excluding carboxylic acids is 1. The van der Waals surface area contributed by atoms with E-state index in [9.17, 15) is 4.79 Å². The van der Waals surface area contributed by atoms with Gasteiger partial charge in [0.2, 0.25) is 5.91 Å². The fourth-order valence-corrected chi connectivity index (χ4v) is 1.90. The van der Waals surface area contributed by atoms with Gasteiger partial charge in [0, 0.05) is 30.7 Å². The molecule has 1 aromatic heterocycles. The van der Waals surface area contributed by atoms with E-state index in [0.29, 0.717) is 18.8 Å². The first kappa shape index (κ1) is 14.3. The summed E-state index contributed by atoms with van der Waals surface area (Å²) in [6.07, 6.45) is 2.06. The van der Waals surface area contributed by atoms with Crippen LogP contribution in [0, 0.1) is 0 Å².